The Morgan fingerprint density at radius 1 is 1.58 bits per heavy atom. The van der Waals surface area contributed by atoms with Gasteiger partial charge in [0.05, 0.1) is 0 Å². The second-order valence-electron chi connectivity index (χ2n) is 1.73. The summed E-state index contributed by atoms with van der Waals surface area (Å²) in [6.07, 6.45) is 1.14. The summed E-state index contributed by atoms with van der Waals surface area (Å²) in [6.45, 7) is 0. The van der Waals surface area contributed by atoms with Gasteiger partial charge in [-0.3, -0.25) is 4.21 Å². The van der Waals surface area contributed by atoms with Crippen LogP contribution in [0.1, 0.15) is 5.69 Å². The first kappa shape index (κ1) is 11.8. The molecule has 12 heavy (non-hydrogen) atoms. The molecule has 56 valence electrons. The third kappa shape index (κ3) is 3.01. The molecule has 0 N–H and O–H groups in total. The Hall–Kier alpha value is -0.250. The Labute approximate surface area is 94.2 Å². The molecular weight excluding hydrogens is 187 g/mol. The maximum Gasteiger partial charge on any atom is 1.00 e. The van der Waals surface area contributed by atoms with Gasteiger partial charge in [0.2, 0.25) is 0 Å². The number of rotatable bonds is 1. The zero-order chi connectivity index (χ0) is 8.27. The van der Waals surface area contributed by atoms with Crippen LogP contribution in [0.25, 0.3) is 0 Å². The first-order valence-electron chi connectivity index (χ1n) is 2.69. The SMILES string of the molecule is N#Cc1ccc(S(=O)[O-])cn1.[Na+]. The van der Waals surface area contributed by atoms with Crippen molar-refractivity contribution in [2.24, 2.45) is 0 Å². The first-order chi connectivity index (χ1) is 5.24. The van der Waals surface area contributed by atoms with E-state index in [0.29, 0.717) is 0 Å². The molecule has 0 bridgehead atoms. The summed E-state index contributed by atoms with van der Waals surface area (Å²) in [6, 6.07) is 4.46. The van der Waals surface area contributed by atoms with Crippen LogP contribution in [0.15, 0.2) is 23.2 Å². The van der Waals surface area contributed by atoms with Crippen molar-refractivity contribution in [1.29, 1.82) is 5.26 Å². The molecule has 1 heterocycles. The molecule has 0 saturated carbocycles. The summed E-state index contributed by atoms with van der Waals surface area (Å²) in [5.41, 5.74) is 0.208. The van der Waals surface area contributed by atoms with Crippen LogP contribution >= 0.6 is 0 Å². The molecule has 0 saturated heterocycles. The van der Waals surface area contributed by atoms with Gasteiger partial charge in [0.1, 0.15) is 11.8 Å². The minimum absolute atomic E-state index is 0. The van der Waals surface area contributed by atoms with Gasteiger partial charge in [-0.25, -0.2) is 4.98 Å². The fourth-order valence-electron chi connectivity index (χ4n) is 0.545. The molecule has 0 aromatic carbocycles. The van der Waals surface area contributed by atoms with Gasteiger partial charge in [-0.1, -0.05) is 0 Å². The average Bonchev–Trinajstić information content (AvgIpc) is 2.05. The van der Waals surface area contributed by atoms with E-state index >= 15 is 0 Å². The van der Waals surface area contributed by atoms with Gasteiger partial charge in [-0.15, -0.1) is 0 Å². The Bertz CT molecular complexity index is 319. The average molecular weight is 190 g/mol. The molecule has 6 heteroatoms. The van der Waals surface area contributed by atoms with Crippen LogP contribution in [0.3, 0.4) is 0 Å². The number of hydrogen-bond acceptors (Lipinski definition) is 4. The number of aromatic nitrogens is 1. The van der Waals surface area contributed by atoms with Crippen molar-refractivity contribution < 1.29 is 38.3 Å². The van der Waals surface area contributed by atoms with Gasteiger partial charge in [-0.05, 0) is 23.2 Å². The molecule has 1 rings (SSSR count). The molecule has 1 atom stereocenters. The van der Waals surface area contributed by atoms with E-state index in [1.165, 1.54) is 12.1 Å². The minimum Gasteiger partial charge on any atom is -0.768 e. The smallest absolute Gasteiger partial charge is 0.768 e. The zero-order valence-corrected chi connectivity index (χ0v) is 9.17. The first-order valence-corrected chi connectivity index (χ1v) is 3.77. The maximum atomic E-state index is 10.3. The summed E-state index contributed by atoms with van der Waals surface area (Å²) in [4.78, 5) is 3.65. The molecular formula is C6H3N2NaO2S. The van der Waals surface area contributed by atoms with Crippen molar-refractivity contribution in [2.75, 3.05) is 0 Å². The van der Waals surface area contributed by atoms with E-state index in [1.54, 1.807) is 6.07 Å². The molecule has 1 aromatic heterocycles. The van der Waals surface area contributed by atoms with E-state index in [0.717, 1.165) is 6.20 Å². The fourth-order valence-corrected chi connectivity index (χ4v) is 0.863. The number of nitriles is 1. The Morgan fingerprint density at radius 3 is 2.58 bits per heavy atom. The summed E-state index contributed by atoms with van der Waals surface area (Å²) >= 11 is -2.26. The van der Waals surface area contributed by atoms with Gasteiger partial charge in [0, 0.05) is 11.1 Å². The Morgan fingerprint density at radius 2 is 2.25 bits per heavy atom. The molecule has 0 amide bonds. The molecule has 1 aromatic rings. The quantitative estimate of drug-likeness (QED) is 0.354. The van der Waals surface area contributed by atoms with Crippen LogP contribution in [0, 0.1) is 11.3 Å². The third-order valence-electron chi connectivity index (χ3n) is 1.04. The van der Waals surface area contributed by atoms with Crippen molar-refractivity contribution in [2.45, 2.75) is 4.90 Å². The van der Waals surface area contributed by atoms with Crippen LogP contribution in [0.5, 0.6) is 0 Å². The fraction of sp³-hybridized carbons (Fsp3) is 0. The largest absolute Gasteiger partial charge is 1.00 e. The van der Waals surface area contributed by atoms with E-state index in [4.69, 9.17) is 5.26 Å². The van der Waals surface area contributed by atoms with Gasteiger partial charge in [0.25, 0.3) is 0 Å². The van der Waals surface area contributed by atoms with Crippen LogP contribution in [-0.4, -0.2) is 13.7 Å². The summed E-state index contributed by atoms with van der Waals surface area (Å²) in [5, 5.41) is 8.30. The van der Waals surface area contributed by atoms with Crippen molar-refractivity contribution in [3.05, 3.63) is 24.0 Å². The molecule has 4 nitrogen and oxygen atoms in total. The third-order valence-corrected chi connectivity index (χ3v) is 1.67. The molecule has 0 aliphatic heterocycles. The topological polar surface area (TPSA) is 76.8 Å². The van der Waals surface area contributed by atoms with Crippen LogP contribution < -0.4 is 29.6 Å². The van der Waals surface area contributed by atoms with Crippen molar-refractivity contribution in [3.8, 4) is 6.07 Å². The normalized spacial score (nSPS) is 11.0. The molecule has 0 aliphatic carbocycles. The van der Waals surface area contributed by atoms with Crippen molar-refractivity contribution in [3.63, 3.8) is 0 Å². The summed E-state index contributed by atoms with van der Waals surface area (Å²) in [5.74, 6) is 0. The number of pyridine rings is 1. The zero-order valence-electron chi connectivity index (χ0n) is 6.35. The summed E-state index contributed by atoms with van der Waals surface area (Å²) < 4.78 is 20.6. The second kappa shape index (κ2) is 5.41. The molecule has 0 aliphatic rings. The van der Waals surface area contributed by atoms with E-state index in [9.17, 15) is 8.76 Å². The molecule has 0 radical (unpaired) electrons. The van der Waals surface area contributed by atoms with Crippen LogP contribution in [-0.2, 0) is 11.1 Å². The van der Waals surface area contributed by atoms with E-state index in [2.05, 4.69) is 4.98 Å². The van der Waals surface area contributed by atoms with Crippen LogP contribution in [0.4, 0.5) is 0 Å². The Kier molecular flexibility index (Phi) is 5.29. The predicted octanol–water partition coefficient (Wildman–Crippen LogP) is -2.80. The van der Waals surface area contributed by atoms with Gasteiger partial charge >= 0.3 is 29.6 Å². The second-order valence-corrected chi connectivity index (χ2v) is 2.67. The number of hydrogen-bond donors (Lipinski definition) is 0. The molecule has 0 spiro atoms. The van der Waals surface area contributed by atoms with Gasteiger partial charge < -0.3 is 4.55 Å². The standard InChI is InChI=1S/C6H4N2O2S.Na/c7-3-5-1-2-6(4-8-5)11(9)10;/h1-2,4H,(H,9,10);/q;+1/p-1. The van der Waals surface area contributed by atoms with E-state index in [1.807, 2.05) is 0 Å². The predicted molar refractivity (Wildman–Crippen MR) is 36.1 cm³/mol. The Balaban J connectivity index is 0.00000121. The molecule has 1 unspecified atom stereocenters. The van der Waals surface area contributed by atoms with Gasteiger partial charge in [-0.2, -0.15) is 5.26 Å². The van der Waals surface area contributed by atoms with Gasteiger partial charge in [0.15, 0.2) is 0 Å². The maximum absolute atomic E-state index is 10.3. The number of nitrogens with zero attached hydrogens (tertiary/aromatic N) is 2. The van der Waals surface area contributed by atoms with Crippen LogP contribution in [0.2, 0.25) is 0 Å². The van der Waals surface area contributed by atoms with Crippen molar-refractivity contribution >= 4 is 11.1 Å². The van der Waals surface area contributed by atoms with E-state index in [-0.39, 0.29) is 40.1 Å². The minimum atomic E-state index is -2.26. The summed E-state index contributed by atoms with van der Waals surface area (Å²) in [7, 11) is 0. The van der Waals surface area contributed by atoms with E-state index < -0.39 is 11.1 Å². The molecule has 0 fully saturated rings. The monoisotopic (exact) mass is 190 g/mol. The van der Waals surface area contributed by atoms with Crippen molar-refractivity contribution in [1.82, 2.24) is 4.98 Å².